The number of carboxylic acid groups (broad SMARTS) is 2. The van der Waals surface area contributed by atoms with Crippen molar-refractivity contribution < 1.29 is 29.4 Å². The van der Waals surface area contributed by atoms with Crippen LogP contribution in [0.25, 0.3) is 0 Å². The van der Waals surface area contributed by atoms with Crippen molar-refractivity contribution in [3.8, 4) is 0 Å². The van der Waals surface area contributed by atoms with Gasteiger partial charge >= 0.3 is 11.9 Å². The van der Waals surface area contributed by atoms with E-state index in [1.54, 1.807) is 19.2 Å². The van der Waals surface area contributed by atoms with Crippen molar-refractivity contribution in [2.45, 2.75) is 22.6 Å². The molecular formula is C17H17N7O6S2. The van der Waals surface area contributed by atoms with Crippen LogP contribution in [0, 0.1) is 0 Å². The van der Waals surface area contributed by atoms with Crippen LogP contribution in [0.5, 0.6) is 0 Å². The molecular weight excluding hydrogens is 462 g/mol. The van der Waals surface area contributed by atoms with E-state index < -0.39 is 41.2 Å². The van der Waals surface area contributed by atoms with E-state index in [1.165, 1.54) is 45.2 Å². The summed E-state index contributed by atoms with van der Waals surface area (Å²) in [6.45, 7) is 0. The number of nitrogens with one attached hydrogen (secondary N) is 1. The fraction of sp³-hybridized carbons (Fsp3) is 0.353. The Morgan fingerprint density at radius 2 is 2.03 bits per heavy atom. The normalized spacial score (nSPS) is 21.0. The van der Waals surface area contributed by atoms with Gasteiger partial charge in [-0.1, -0.05) is 11.8 Å². The van der Waals surface area contributed by atoms with Crippen molar-refractivity contribution in [3.05, 3.63) is 35.8 Å². The summed E-state index contributed by atoms with van der Waals surface area (Å²) in [6.07, 6.45) is 2.87. The Hall–Kier alpha value is -3.33. The van der Waals surface area contributed by atoms with Gasteiger partial charge in [0.2, 0.25) is 11.2 Å². The van der Waals surface area contributed by atoms with Gasteiger partial charge in [0.05, 0.1) is 0 Å². The van der Waals surface area contributed by atoms with Crippen molar-refractivity contribution in [2.75, 3.05) is 11.5 Å². The summed E-state index contributed by atoms with van der Waals surface area (Å²) in [5, 5.41) is 32.6. The van der Waals surface area contributed by atoms with E-state index in [0.29, 0.717) is 16.5 Å². The minimum Gasteiger partial charge on any atom is -0.479 e. The fourth-order valence-electron chi connectivity index (χ4n) is 3.42. The van der Waals surface area contributed by atoms with Crippen LogP contribution in [-0.2, 0) is 26.2 Å². The predicted octanol–water partition coefficient (Wildman–Crippen LogP) is -0.832. The number of hydrogen-bond donors (Lipinski definition) is 3. The molecule has 2 aliphatic heterocycles. The zero-order valence-corrected chi connectivity index (χ0v) is 18.1. The van der Waals surface area contributed by atoms with Crippen LogP contribution in [0.4, 0.5) is 0 Å². The van der Waals surface area contributed by atoms with Gasteiger partial charge in [-0.15, -0.1) is 16.9 Å². The minimum atomic E-state index is -1.54. The van der Waals surface area contributed by atoms with Crippen LogP contribution >= 0.6 is 23.5 Å². The topological polar surface area (TPSA) is 173 Å². The molecule has 0 spiro atoms. The van der Waals surface area contributed by atoms with E-state index in [4.69, 9.17) is 0 Å². The number of carbonyl (C=O) groups excluding carboxylic acids is 2. The van der Waals surface area contributed by atoms with Gasteiger partial charge in [-0.2, -0.15) is 0 Å². The highest BCUT2D eigenvalue weighted by Gasteiger charge is 2.54. The molecule has 0 aliphatic carbocycles. The Balaban J connectivity index is 1.49. The first-order valence-electron chi connectivity index (χ1n) is 9.20. The van der Waals surface area contributed by atoms with Crippen molar-refractivity contribution >= 4 is 47.3 Å². The summed E-state index contributed by atoms with van der Waals surface area (Å²) in [7, 11) is 1.66. The smallest absolute Gasteiger partial charge is 0.352 e. The molecule has 1 saturated heterocycles. The number of β-lactam (4-membered cyclic amide) rings is 1. The minimum absolute atomic E-state index is 0.132. The van der Waals surface area contributed by atoms with Crippen LogP contribution in [0.15, 0.2) is 41.0 Å². The first-order valence-corrected chi connectivity index (χ1v) is 11.2. The molecule has 2 aromatic rings. The van der Waals surface area contributed by atoms with Crippen molar-refractivity contribution in [1.29, 1.82) is 0 Å². The molecule has 3 N–H and O–H groups in total. The summed E-state index contributed by atoms with van der Waals surface area (Å²) in [6, 6.07) is 0.604. The molecule has 15 heteroatoms. The highest BCUT2D eigenvalue weighted by Crippen LogP contribution is 2.41. The highest BCUT2D eigenvalue weighted by atomic mass is 32.2. The average molecular weight is 480 g/mol. The number of aromatic nitrogens is 5. The quantitative estimate of drug-likeness (QED) is 0.245. The van der Waals surface area contributed by atoms with Crippen molar-refractivity contribution in [2.24, 2.45) is 7.05 Å². The zero-order chi connectivity index (χ0) is 23.0. The van der Waals surface area contributed by atoms with Gasteiger partial charge in [0.1, 0.15) is 17.1 Å². The SMILES string of the molecule is Cn1nnnc1SCC1=C(C(=O)O)N2C(=O)C(NC(=O)C(C(=O)O)n3cccc3)C2SC1. The molecule has 0 radical (unpaired) electrons. The second-order valence-corrected chi connectivity index (χ2v) is 8.95. The zero-order valence-electron chi connectivity index (χ0n) is 16.5. The van der Waals surface area contributed by atoms with Crippen LogP contribution in [0.3, 0.4) is 0 Å². The van der Waals surface area contributed by atoms with Gasteiger partial charge in [0.25, 0.3) is 11.8 Å². The molecule has 13 nitrogen and oxygen atoms in total. The number of fused-ring (bicyclic) bond motifs is 1. The Morgan fingerprint density at radius 1 is 1.31 bits per heavy atom. The molecule has 2 aromatic heterocycles. The van der Waals surface area contributed by atoms with E-state index in [1.807, 2.05) is 0 Å². The molecule has 3 atom stereocenters. The van der Waals surface area contributed by atoms with E-state index >= 15 is 0 Å². The van der Waals surface area contributed by atoms with Gasteiger partial charge in [-0.25, -0.2) is 14.3 Å². The summed E-state index contributed by atoms with van der Waals surface area (Å²) >= 11 is 2.54. The van der Waals surface area contributed by atoms with Crippen LogP contribution in [0.2, 0.25) is 0 Å². The number of amides is 2. The van der Waals surface area contributed by atoms with Gasteiger partial charge in [-0.05, 0) is 28.1 Å². The molecule has 4 heterocycles. The number of hydrogen-bond acceptors (Lipinski definition) is 9. The van der Waals surface area contributed by atoms with Crippen molar-refractivity contribution in [1.82, 2.24) is 35.0 Å². The van der Waals surface area contributed by atoms with E-state index in [-0.39, 0.29) is 11.4 Å². The first-order chi connectivity index (χ1) is 15.3. The Kier molecular flexibility index (Phi) is 5.92. The second kappa shape index (κ2) is 8.66. The number of aryl methyl sites for hydroxylation is 1. The van der Waals surface area contributed by atoms with Gasteiger partial charge in [0.15, 0.2) is 0 Å². The number of carbonyl (C=O) groups is 4. The maximum Gasteiger partial charge on any atom is 0.352 e. The Bertz CT molecular complexity index is 1110. The van der Waals surface area contributed by atoms with Gasteiger partial charge in [-0.3, -0.25) is 14.5 Å². The third-order valence-electron chi connectivity index (χ3n) is 4.91. The number of rotatable bonds is 8. The highest BCUT2D eigenvalue weighted by molar-refractivity contribution is 8.01. The van der Waals surface area contributed by atoms with E-state index in [2.05, 4.69) is 20.8 Å². The first kappa shape index (κ1) is 21.9. The summed E-state index contributed by atoms with van der Waals surface area (Å²) in [5.74, 6) is -3.50. The van der Waals surface area contributed by atoms with Crippen molar-refractivity contribution in [3.63, 3.8) is 0 Å². The lowest BCUT2D eigenvalue weighted by atomic mass is 10.0. The molecule has 0 bridgehead atoms. The lowest BCUT2D eigenvalue weighted by Crippen LogP contribution is -2.71. The maximum atomic E-state index is 12.8. The number of carboxylic acids is 2. The predicted molar refractivity (Wildman–Crippen MR) is 110 cm³/mol. The standard InChI is InChI=1S/C17H17N7O6S2/c1-22-17(19-20-21-22)32-7-8-6-31-14-9(13(26)24(14)10(8)15(27)28)18-12(25)11(16(29)30)23-4-2-3-5-23/h2-5,9,11,14H,6-7H2,1H3,(H,18,25)(H,27,28)(H,29,30). The lowest BCUT2D eigenvalue weighted by molar-refractivity contribution is -0.153. The number of tetrazole rings is 1. The van der Waals surface area contributed by atoms with Crippen LogP contribution in [-0.4, -0.2) is 86.6 Å². The second-order valence-electron chi connectivity index (χ2n) is 6.90. The molecule has 3 unspecified atom stereocenters. The monoisotopic (exact) mass is 479 g/mol. The van der Waals surface area contributed by atoms with Crippen LogP contribution in [0.1, 0.15) is 6.04 Å². The third-order valence-corrected chi connectivity index (χ3v) is 7.35. The average Bonchev–Trinajstić information content (AvgIpc) is 3.41. The Morgan fingerprint density at radius 3 is 2.62 bits per heavy atom. The number of thioether (sulfide) groups is 2. The van der Waals surface area contributed by atoms with E-state index in [9.17, 15) is 29.4 Å². The number of aliphatic carboxylic acids is 2. The molecule has 0 aromatic carbocycles. The molecule has 168 valence electrons. The maximum absolute atomic E-state index is 12.8. The van der Waals surface area contributed by atoms with Crippen LogP contribution < -0.4 is 5.32 Å². The molecule has 4 rings (SSSR count). The molecule has 2 amide bonds. The van der Waals surface area contributed by atoms with Gasteiger partial charge in [0, 0.05) is 30.9 Å². The fourth-order valence-corrected chi connectivity index (χ4v) is 5.75. The number of nitrogens with zero attached hydrogens (tertiary/aromatic N) is 6. The molecule has 32 heavy (non-hydrogen) atoms. The van der Waals surface area contributed by atoms with E-state index in [0.717, 1.165) is 4.90 Å². The summed E-state index contributed by atoms with van der Waals surface area (Å²) in [5.41, 5.74) is 0.396. The molecule has 0 saturated carbocycles. The molecule has 2 aliphatic rings. The van der Waals surface area contributed by atoms with Gasteiger partial charge < -0.3 is 20.1 Å². The molecule has 1 fully saturated rings. The third kappa shape index (κ3) is 3.84. The summed E-state index contributed by atoms with van der Waals surface area (Å²) < 4.78 is 2.67. The Labute approximate surface area is 188 Å². The summed E-state index contributed by atoms with van der Waals surface area (Å²) in [4.78, 5) is 50.0. The largest absolute Gasteiger partial charge is 0.479 e. The lowest BCUT2D eigenvalue weighted by Gasteiger charge is -2.49.